The van der Waals surface area contributed by atoms with Crippen LogP contribution in [0.1, 0.15) is 52.9 Å². The zero-order valence-electron chi connectivity index (χ0n) is 10.2. The highest BCUT2D eigenvalue weighted by Gasteiger charge is 2.08. The van der Waals surface area contributed by atoms with Gasteiger partial charge in [-0.05, 0) is 32.8 Å². The molecule has 0 fully saturated rings. The van der Waals surface area contributed by atoms with Crippen LogP contribution in [0.4, 0.5) is 0 Å². The van der Waals surface area contributed by atoms with Crippen LogP contribution in [-0.2, 0) is 9.53 Å². The second kappa shape index (κ2) is 9.91. The van der Waals surface area contributed by atoms with Gasteiger partial charge in [-0.25, -0.2) is 0 Å². The van der Waals surface area contributed by atoms with Gasteiger partial charge in [0.15, 0.2) is 0 Å². The molecule has 0 amide bonds. The van der Waals surface area contributed by atoms with E-state index in [0.717, 1.165) is 19.1 Å². The molecule has 2 nitrogen and oxygen atoms in total. The van der Waals surface area contributed by atoms with Crippen molar-refractivity contribution in [1.29, 1.82) is 0 Å². The van der Waals surface area contributed by atoms with E-state index in [9.17, 15) is 4.79 Å². The lowest BCUT2D eigenvalue weighted by Crippen LogP contribution is -2.17. The SMILES string of the molecule is CCCCCC(C/C=C/C=O)OC(C)C. The Morgan fingerprint density at radius 2 is 2.00 bits per heavy atom. The number of hydrogen-bond acceptors (Lipinski definition) is 2. The zero-order chi connectivity index (χ0) is 11.5. The van der Waals surface area contributed by atoms with Crippen molar-refractivity contribution in [2.75, 3.05) is 0 Å². The van der Waals surface area contributed by atoms with Gasteiger partial charge in [-0.15, -0.1) is 0 Å². The van der Waals surface area contributed by atoms with E-state index >= 15 is 0 Å². The average Bonchev–Trinajstić information content (AvgIpc) is 2.17. The predicted octanol–water partition coefficient (Wildman–Crippen LogP) is 3.51. The Kier molecular flexibility index (Phi) is 9.49. The molecule has 2 heteroatoms. The van der Waals surface area contributed by atoms with E-state index in [4.69, 9.17) is 4.74 Å². The standard InChI is InChI=1S/C13H24O2/c1-4-5-6-9-13(15-12(2)3)10-7-8-11-14/h7-8,11-13H,4-6,9-10H2,1-3H3/b8-7+. The Morgan fingerprint density at radius 3 is 2.53 bits per heavy atom. The smallest absolute Gasteiger partial charge is 0.142 e. The van der Waals surface area contributed by atoms with E-state index in [2.05, 4.69) is 20.8 Å². The predicted molar refractivity (Wildman–Crippen MR) is 64.0 cm³/mol. The highest BCUT2D eigenvalue weighted by Crippen LogP contribution is 2.12. The highest BCUT2D eigenvalue weighted by molar-refractivity contribution is 5.64. The van der Waals surface area contributed by atoms with Crippen LogP contribution in [0.25, 0.3) is 0 Å². The monoisotopic (exact) mass is 212 g/mol. The molecule has 0 aliphatic heterocycles. The summed E-state index contributed by atoms with van der Waals surface area (Å²) in [4.78, 5) is 10.1. The van der Waals surface area contributed by atoms with Gasteiger partial charge < -0.3 is 4.74 Å². The highest BCUT2D eigenvalue weighted by atomic mass is 16.5. The number of rotatable bonds is 9. The van der Waals surface area contributed by atoms with Crippen molar-refractivity contribution in [3.05, 3.63) is 12.2 Å². The molecule has 0 radical (unpaired) electrons. The zero-order valence-corrected chi connectivity index (χ0v) is 10.2. The number of allylic oxidation sites excluding steroid dienone is 1. The van der Waals surface area contributed by atoms with E-state index < -0.39 is 0 Å². The molecule has 0 aromatic heterocycles. The average molecular weight is 212 g/mol. The van der Waals surface area contributed by atoms with E-state index in [1.165, 1.54) is 19.3 Å². The van der Waals surface area contributed by atoms with Crippen molar-refractivity contribution in [1.82, 2.24) is 0 Å². The Balaban J connectivity index is 3.83. The van der Waals surface area contributed by atoms with Crippen LogP contribution in [-0.4, -0.2) is 18.5 Å². The first-order valence-corrected chi connectivity index (χ1v) is 5.96. The first kappa shape index (κ1) is 14.4. The second-order valence-corrected chi connectivity index (χ2v) is 4.10. The number of ether oxygens (including phenoxy) is 1. The molecular weight excluding hydrogens is 188 g/mol. The lowest BCUT2D eigenvalue weighted by atomic mass is 10.1. The molecule has 88 valence electrons. The largest absolute Gasteiger partial charge is 0.375 e. The summed E-state index contributed by atoms with van der Waals surface area (Å²) in [6.07, 6.45) is 10.4. The quantitative estimate of drug-likeness (QED) is 0.332. The van der Waals surface area contributed by atoms with Crippen LogP contribution in [0.5, 0.6) is 0 Å². The van der Waals surface area contributed by atoms with Gasteiger partial charge in [-0.3, -0.25) is 4.79 Å². The second-order valence-electron chi connectivity index (χ2n) is 4.10. The normalized spacial score (nSPS) is 13.6. The molecule has 0 aromatic carbocycles. The Labute approximate surface area is 93.7 Å². The van der Waals surface area contributed by atoms with Crippen molar-refractivity contribution in [3.8, 4) is 0 Å². The van der Waals surface area contributed by atoms with Crippen molar-refractivity contribution < 1.29 is 9.53 Å². The lowest BCUT2D eigenvalue weighted by molar-refractivity contribution is -0.104. The molecule has 0 N–H and O–H groups in total. The molecular formula is C13H24O2. The molecule has 0 aliphatic carbocycles. The third-order valence-electron chi connectivity index (χ3n) is 2.21. The van der Waals surface area contributed by atoms with Crippen LogP contribution >= 0.6 is 0 Å². The maximum Gasteiger partial charge on any atom is 0.142 e. The first-order chi connectivity index (χ1) is 7.20. The number of unbranched alkanes of at least 4 members (excludes halogenated alkanes) is 2. The molecule has 0 saturated carbocycles. The summed E-state index contributed by atoms with van der Waals surface area (Å²) < 4.78 is 5.78. The van der Waals surface area contributed by atoms with Crippen LogP contribution in [0.2, 0.25) is 0 Å². The van der Waals surface area contributed by atoms with Crippen LogP contribution < -0.4 is 0 Å². The van der Waals surface area contributed by atoms with Gasteiger partial charge in [0, 0.05) is 0 Å². The van der Waals surface area contributed by atoms with E-state index in [0.29, 0.717) is 0 Å². The lowest BCUT2D eigenvalue weighted by Gasteiger charge is -2.18. The van der Waals surface area contributed by atoms with Crippen LogP contribution in [0.15, 0.2) is 12.2 Å². The molecule has 0 aromatic rings. The van der Waals surface area contributed by atoms with Gasteiger partial charge >= 0.3 is 0 Å². The molecule has 0 saturated heterocycles. The number of hydrogen-bond donors (Lipinski definition) is 0. The van der Waals surface area contributed by atoms with Gasteiger partial charge in [0.05, 0.1) is 12.2 Å². The van der Waals surface area contributed by atoms with Gasteiger partial charge in [0.2, 0.25) is 0 Å². The van der Waals surface area contributed by atoms with Crippen LogP contribution in [0.3, 0.4) is 0 Å². The number of carbonyl (C=O) groups is 1. The summed E-state index contributed by atoms with van der Waals surface area (Å²) in [5.74, 6) is 0. The Morgan fingerprint density at radius 1 is 1.27 bits per heavy atom. The summed E-state index contributed by atoms with van der Waals surface area (Å²) in [5, 5.41) is 0. The minimum atomic E-state index is 0.265. The van der Waals surface area contributed by atoms with E-state index in [1.54, 1.807) is 6.08 Å². The number of carbonyl (C=O) groups excluding carboxylic acids is 1. The van der Waals surface area contributed by atoms with Gasteiger partial charge in [-0.1, -0.05) is 32.3 Å². The fourth-order valence-electron chi connectivity index (χ4n) is 1.53. The minimum Gasteiger partial charge on any atom is -0.375 e. The van der Waals surface area contributed by atoms with Gasteiger partial charge in [-0.2, -0.15) is 0 Å². The van der Waals surface area contributed by atoms with Crippen molar-refractivity contribution >= 4 is 6.29 Å². The molecule has 0 spiro atoms. The molecule has 0 rings (SSSR count). The van der Waals surface area contributed by atoms with E-state index in [-0.39, 0.29) is 12.2 Å². The molecule has 1 atom stereocenters. The summed E-state index contributed by atoms with van der Waals surface area (Å²) in [5.41, 5.74) is 0. The third-order valence-corrected chi connectivity index (χ3v) is 2.21. The van der Waals surface area contributed by atoms with Crippen molar-refractivity contribution in [3.63, 3.8) is 0 Å². The van der Waals surface area contributed by atoms with Gasteiger partial charge in [0.25, 0.3) is 0 Å². The van der Waals surface area contributed by atoms with Crippen LogP contribution in [0, 0.1) is 0 Å². The fraction of sp³-hybridized carbons (Fsp3) is 0.769. The third kappa shape index (κ3) is 9.67. The topological polar surface area (TPSA) is 26.3 Å². The molecule has 1 unspecified atom stereocenters. The Bertz CT molecular complexity index is 173. The first-order valence-electron chi connectivity index (χ1n) is 5.96. The molecule has 0 bridgehead atoms. The number of aldehydes is 1. The maximum atomic E-state index is 10.1. The fourth-order valence-corrected chi connectivity index (χ4v) is 1.53. The summed E-state index contributed by atoms with van der Waals surface area (Å²) >= 11 is 0. The van der Waals surface area contributed by atoms with Crippen molar-refractivity contribution in [2.45, 2.75) is 65.1 Å². The van der Waals surface area contributed by atoms with Gasteiger partial charge in [0.1, 0.15) is 6.29 Å². The summed E-state index contributed by atoms with van der Waals surface area (Å²) in [7, 11) is 0. The summed E-state index contributed by atoms with van der Waals surface area (Å²) in [6.45, 7) is 6.30. The molecule has 15 heavy (non-hydrogen) atoms. The Hall–Kier alpha value is -0.630. The minimum absolute atomic E-state index is 0.265. The maximum absolute atomic E-state index is 10.1. The van der Waals surface area contributed by atoms with E-state index in [1.807, 2.05) is 6.08 Å². The summed E-state index contributed by atoms with van der Waals surface area (Å²) in [6, 6.07) is 0. The van der Waals surface area contributed by atoms with Crippen molar-refractivity contribution in [2.24, 2.45) is 0 Å². The molecule has 0 aliphatic rings. The molecule has 0 heterocycles.